The molecule has 29 heavy (non-hydrogen) atoms. The Morgan fingerprint density at radius 3 is 2.62 bits per heavy atom. The number of ether oxygens (including phenoxy) is 1. The van der Waals surface area contributed by atoms with Gasteiger partial charge in [0.25, 0.3) is 0 Å². The minimum atomic E-state index is 0.100. The molecule has 152 valence electrons. The smallest absolute Gasteiger partial charge is 0.146 e. The number of aromatic amines is 1. The first-order chi connectivity index (χ1) is 14.0. The number of hydrogen-bond acceptors (Lipinski definition) is 5. The highest BCUT2D eigenvalue weighted by Gasteiger charge is 2.21. The molecular formula is C22H28N6O. The highest BCUT2D eigenvalue weighted by molar-refractivity contribution is 5.75. The maximum Gasteiger partial charge on any atom is 0.146 e. The summed E-state index contributed by atoms with van der Waals surface area (Å²) in [7, 11) is 0. The van der Waals surface area contributed by atoms with Gasteiger partial charge in [-0.25, -0.2) is 0 Å². The summed E-state index contributed by atoms with van der Waals surface area (Å²) in [5.41, 5.74) is 7.33. The van der Waals surface area contributed by atoms with Crippen LogP contribution in [0, 0.1) is 12.3 Å². The van der Waals surface area contributed by atoms with Gasteiger partial charge in [0, 0.05) is 36.0 Å². The maximum atomic E-state index is 7.98. The van der Waals surface area contributed by atoms with Crippen molar-refractivity contribution in [2.45, 2.75) is 32.8 Å². The molecule has 1 fully saturated rings. The largest absolute Gasteiger partial charge is 0.371 e. The number of aryl methyl sites for hydroxylation is 1. The second-order valence-corrected chi connectivity index (χ2v) is 7.87. The van der Waals surface area contributed by atoms with Crippen molar-refractivity contribution < 1.29 is 4.74 Å². The van der Waals surface area contributed by atoms with Gasteiger partial charge in [0.2, 0.25) is 0 Å². The summed E-state index contributed by atoms with van der Waals surface area (Å²) in [6, 6.07) is 10.4. The van der Waals surface area contributed by atoms with Gasteiger partial charge in [-0.2, -0.15) is 5.10 Å². The van der Waals surface area contributed by atoms with E-state index in [0.717, 1.165) is 53.3 Å². The van der Waals surface area contributed by atoms with Gasteiger partial charge in [-0.1, -0.05) is 38.1 Å². The van der Waals surface area contributed by atoms with E-state index in [1.165, 1.54) is 10.2 Å². The molecule has 2 aromatic heterocycles. The molecule has 7 heteroatoms. The summed E-state index contributed by atoms with van der Waals surface area (Å²) in [4.78, 5) is 0. The molecule has 0 bridgehead atoms. The predicted molar refractivity (Wildman–Crippen MR) is 114 cm³/mol. The number of nitrogens with one attached hydrogen (secondary N) is 3. The van der Waals surface area contributed by atoms with Gasteiger partial charge in [-0.3, -0.25) is 15.2 Å². The van der Waals surface area contributed by atoms with E-state index < -0.39 is 0 Å². The van der Waals surface area contributed by atoms with Gasteiger partial charge in [0.05, 0.1) is 24.1 Å². The maximum absolute atomic E-state index is 7.98. The molecule has 1 saturated heterocycles. The zero-order valence-electron chi connectivity index (χ0n) is 17.1. The minimum absolute atomic E-state index is 0.100. The van der Waals surface area contributed by atoms with E-state index in [1.807, 2.05) is 13.0 Å². The molecule has 3 aromatic rings. The van der Waals surface area contributed by atoms with Crippen LogP contribution < -0.4 is 16.6 Å². The standard InChI is InChI=1S/C22H28N6O/c1-13(2)19-20(16-6-4-15(5-7-16)18-11-25-8-9-29-18)26-27-21(19)17-10-14(3)22(23)28(24)12-17/h4-7,10,12-13,18,23,25H,8-9,11,24H2,1-3H3,(H,26,27). The van der Waals surface area contributed by atoms with E-state index in [4.69, 9.17) is 16.0 Å². The number of nitrogens with zero attached hydrogens (tertiary/aromatic N) is 2. The number of aromatic nitrogens is 3. The van der Waals surface area contributed by atoms with Crippen LogP contribution in [0.1, 0.15) is 42.6 Å². The molecule has 0 aliphatic carbocycles. The first kappa shape index (κ1) is 19.4. The minimum Gasteiger partial charge on any atom is -0.371 e. The van der Waals surface area contributed by atoms with Crippen LogP contribution in [0.2, 0.25) is 0 Å². The fraction of sp³-hybridized carbons (Fsp3) is 0.364. The number of morpholine rings is 1. The van der Waals surface area contributed by atoms with Crippen molar-refractivity contribution in [3.05, 3.63) is 58.7 Å². The second kappa shape index (κ2) is 7.85. The Bertz CT molecular complexity index is 1030. The van der Waals surface area contributed by atoms with E-state index in [2.05, 4.69) is 53.6 Å². The Morgan fingerprint density at radius 1 is 1.24 bits per heavy atom. The van der Waals surface area contributed by atoms with E-state index in [0.29, 0.717) is 5.49 Å². The third kappa shape index (κ3) is 3.71. The van der Waals surface area contributed by atoms with Crippen molar-refractivity contribution >= 4 is 0 Å². The highest BCUT2D eigenvalue weighted by atomic mass is 16.5. The topological polar surface area (TPSA) is 105 Å². The molecule has 3 heterocycles. The van der Waals surface area contributed by atoms with Crippen LogP contribution in [0.25, 0.3) is 22.5 Å². The van der Waals surface area contributed by atoms with Crippen molar-refractivity contribution in [3.63, 3.8) is 0 Å². The summed E-state index contributed by atoms with van der Waals surface area (Å²) in [6.07, 6.45) is 1.87. The van der Waals surface area contributed by atoms with Crippen LogP contribution in [0.3, 0.4) is 0 Å². The van der Waals surface area contributed by atoms with Crippen molar-refractivity contribution in [1.82, 2.24) is 20.2 Å². The van der Waals surface area contributed by atoms with Crippen molar-refractivity contribution in [1.29, 1.82) is 5.41 Å². The van der Waals surface area contributed by atoms with Gasteiger partial charge in [0.1, 0.15) is 5.49 Å². The third-order valence-electron chi connectivity index (χ3n) is 5.44. The van der Waals surface area contributed by atoms with Gasteiger partial charge >= 0.3 is 0 Å². The van der Waals surface area contributed by atoms with Crippen LogP contribution in [-0.2, 0) is 4.74 Å². The lowest BCUT2D eigenvalue weighted by Gasteiger charge is -2.24. The Labute approximate surface area is 170 Å². The zero-order chi connectivity index (χ0) is 20.5. The molecule has 0 radical (unpaired) electrons. The number of nitrogen functional groups attached to an aromatic ring is 1. The number of rotatable bonds is 4. The van der Waals surface area contributed by atoms with Crippen LogP contribution in [0.15, 0.2) is 36.5 Å². The van der Waals surface area contributed by atoms with E-state index in [1.54, 1.807) is 6.20 Å². The summed E-state index contributed by atoms with van der Waals surface area (Å²) in [5, 5.41) is 19.2. The van der Waals surface area contributed by atoms with Crippen LogP contribution in [-0.4, -0.2) is 34.6 Å². The monoisotopic (exact) mass is 392 g/mol. The number of benzene rings is 1. The molecular weight excluding hydrogens is 364 g/mol. The third-order valence-corrected chi connectivity index (χ3v) is 5.44. The van der Waals surface area contributed by atoms with Crippen LogP contribution in [0.5, 0.6) is 0 Å². The predicted octanol–water partition coefficient (Wildman–Crippen LogP) is 2.83. The molecule has 7 nitrogen and oxygen atoms in total. The Balaban J connectivity index is 1.73. The average Bonchev–Trinajstić information content (AvgIpc) is 3.18. The molecule has 1 aliphatic rings. The number of H-pyrrole nitrogens is 1. The summed E-state index contributed by atoms with van der Waals surface area (Å²) < 4.78 is 7.20. The van der Waals surface area contributed by atoms with Crippen molar-refractivity contribution in [3.8, 4) is 22.5 Å². The Hall–Kier alpha value is -2.90. The lowest BCUT2D eigenvalue weighted by molar-refractivity contribution is 0.0277. The Kier molecular flexibility index (Phi) is 5.25. The first-order valence-corrected chi connectivity index (χ1v) is 10.00. The molecule has 5 N–H and O–H groups in total. The second-order valence-electron chi connectivity index (χ2n) is 7.87. The van der Waals surface area contributed by atoms with E-state index >= 15 is 0 Å². The molecule has 1 unspecified atom stereocenters. The quantitative estimate of drug-likeness (QED) is 0.513. The van der Waals surface area contributed by atoms with E-state index in [-0.39, 0.29) is 12.0 Å². The van der Waals surface area contributed by atoms with Crippen molar-refractivity contribution in [2.75, 3.05) is 25.5 Å². The van der Waals surface area contributed by atoms with Gasteiger partial charge in [-0.15, -0.1) is 0 Å². The van der Waals surface area contributed by atoms with Crippen LogP contribution in [0.4, 0.5) is 0 Å². The van der Waals surface area contributed by atoms with Crippen LogP contribution >= 0.6 is 0 Å². The average molecular weight is 393 g/mol. The fourth-order valence-corrected chi connectivity index (χ4v) is 3.88. The molecule has 4 rings (SSSR count). The number of nitrogens with two attached hydrogens (primary N) is 1. The van der Waals surface area contributed by atoms with E-state index in [9.17, 15) is 0 Å². The molecule has 1 aliphatic heterocycles. The molecule has 0 saturated carbocycles. The van der Waals surface area contributed by atoms with Gasteiger partial charge in [-0.05, 0) is 30.0 Å². The number of pyridine rings is 1. The summed E-state index contributed by atoms with van der Waals surface area (Å²) >= 11 is 0. The van der Waals surface area contributed by atoms with Crippen molar-refractivity contribution in [2.24, 2.45) is 0 Å². The molecule has 1 aromatic carbocycles. The first-order valence-electron chi connectivity index (χ1n) is 10.00. The zero-order valence-corrected chi connectivity index (χ0v) is 17.1. The van der Waals surface area contributed by atoms with Gasteiger partial charge in [0.15, 0.2) is 0 Å². The summed E-state index contributed by atoms with van der Waals surface area (Å²) in [6.45, 7) is 8.71. The number of hydrogen-bond donors (Lipinski definition) is 4. The van der Waals surface area contributed by atoms with Gasteiger partial charge < -0.3 is 15.9 Å². The lowest BCUT2D eigenvalue weighted by atomic mass is 9.93. The molecule has 1 atom stereocenters. The highest BCUT2D eigenvalue weighted by Crippen LogP contribution is 2.35. The molecule has 0 spiro atoms. The normalized spacial score (nSPS) is 17.0. The molecule has 0 amide bonds. The Morgan fingerprint density at radius 2 is 2.00 bits per heavy atom. The summed E-state index contributed by atoms with van der Waals surface area (Å²) in [5.74, 6) is 6.24. The fourth-order valence-electron chi connectivity index (χ4n) is 3.88. The SMILES string of the molecule is Cc1cc(-c2[nH]nc(-c3ccc(C4CNCCO4)cc3)c2C(C)C)cn(N)c1=N. The lowest BCUT2D eigenvalue weighted by Crippen LogP contribution is -2.33.